The van der Waals surface area contributed by atoms with Crippen molar-refractivity contribution < 1.29 is 4.79 Å². The molecule has 0 radical (unpaired) electrons. The van der Waals surface area contributed by atoms with Crippen molar-refractivity contribution in [2.24, 2.45) is 11.8 Å². The van der Waals surface area contributed by atoms with Crippen molar-refractivity contribution in [2.75, 3.05) is 13.1 Å². The third-order valence-electron chi connectivity index (χ3n) is 2.45. The largest absolute Gasteiger partial charge is 0.341 e. The van der Waals surface area contributed by atoms with E-state index in [1.54, 1.807) is 0 Å². The van der Waals surface area contributed by atoms with Crippen LogP contribution >= 0.6 is 0 Å². The third kappa shape index (κ3) is 2.73. The lowest BCUT2D eigenvalue weighted by molar-refractivity contribution is -0.132. The summed E-state index contributed by atoms with van der Waals surface area (Å²) in [6.45, 7) is 5.96. The minimum atomic E-state index is -0.0131. The Hall–Kier alpha value is -1.04. The second-order valence-electron chi connectivity index (χ2n) is 4.08. The van der Waals surface area contributed by atoms with Crippen LogP contribution in [0, 0.1) is 23.2 Å². The summed E-state index contributed by atoms with van der Waals surface area (Å²) in [6.07, 6.45) is 1.22. The van der Waals surface area contributed by atoms with E-state index in [9.17, 15) is 4.79 Å². The van der Waals surface area contributed by atoms with Gasteiger partial charge in [0.15, 0.2) is 0 Å². The summed E-state index contributed by atoms with van der Waals surface area (Å²) >= 11 is 0. The predicted octanol–water partition coefficient (Wildman–Crippen LogP) is 1.40. The molecule has 1 rings (SSSR count). The Balaban J connectivity index is 2.50. The number of carbonyl (C=O) groups is 1. The highest BCUT2D eigenvalue weighted by molar-refractivity contribution is 5.78. The van der Waals surface area contributed by atoms with Crippen molar-refractivity contribution in [2.45, 2.75) is 26.7 Å². The number of carbonyl (C=O) groups excluding carboxylic acids is 1. The van der Waals surface area contributed by atoms with Gasteiger partial charge in [0.1, 0.15) is 6.42 Å². The summed E-state index contributed by atoms with van der Waals surface area (Å²) in [4.78, 5) is 13.2. The van der Waals surface area contributed by atoms with Crippen molar-refractivity contribution in [3.05, 3.63) is 0 Å². The first-order valence-electron chi connectivity index (χ1n) is 4.78. The Morgan fingerprint density at radius 2 is 2.00 bits per heavy atom. The van der Waals surface area contributed by atoms with Crippen molar-refractivity contribution >= 4 is 5.91 Å². The summed E-state index contributed by atoms with van der Waals surface area (Å²) in [7, 11) is 0. The molecule has 0 aromatic rings. The second kappa shape index (κ2) is 4.27. The van der Waals surface area contributed by atoms with Gasteiger partial charge in [-0.25, -0.2) is 0 Å². The average molecular weight is 180 g/mol. The second-order valence-corrected chi connectivity index (χ2v) is 4.08. The number of hydrogen-bond donors (Lipinski definition) is 0. The summed E-state index contributed by atoms with van der Waals surface area (Å²) in [5.74, 6) is 1.14. The van der Waals surface area contributed by atoms with E-state index in [-0.39, 0.29) is 12.3 Å². The molecule has 1 aliphatic heterocycles. The third-order valence-corrected chi connectivity index (χ3v) is 2.45. The molecule has 2 atom stereocenters. The van der Waals surface area contributed by atoms with Gasteiger partial charge in [-0.2, -0.15) is 5.26 Å². The molecule has 1 fully saturated rings. The first kappa shape index (κ1) is 10.0. The van der Waals surface area contributed by atoms with Crippen LogP contribution in [-0.2, 0) is 4.79 Å². The van der Waals surface area contributed by atoms with Gasteiger partial charge in [0.2, 0.25) is 5.91 Å². The Morgan fingerprint density at radius 3 is 2.46 bits per heavy atom. The van der Waals surface area contributed by atoms with Crippen LogP contribution in [-0.4, -0.2) is 23.9 Å². The first-order valence-corrected chi connectivity index (χ1v) is 4.78. The summed E-state index contributed by atoms with van der Waals surface area (Å²) in [5.41, 5.74) is 0. The first-order chi connectivity index (χ1) is 6.13. The normalized spacial score (nSPS) is 28.2. The molecule has 1 saturated heterocycles. The van der Waals surface area contributed by atoms with Gasteiger partial charge in [0, 0.05) is 13.1 Å². The Kier molecular flexibility index (Phi) is 3.30. The van der Waals surface area contributed by atoms with Crippen molar-refractivity contribution in [3.8, 4) is 6.07 Å². The van der Waals surface area contributed by atoms with Crippen LogP contribution in [0.2, 0.25) is 0 Å². The van der Waals surface area contributed by atoms with Crippen LogP contribution in [0.1, 0.15) is 26.7 Å². The van der Waals surface area contributed by atoms with Crippen molar-refractivity contribution in [1.82, 2.24) is 4.90 Å². The standard InChI is InChI=1S/C10H16N2O/c1-8-5-9(2)7-12(6-8)10(13)3-4-11/h8-9H,3,5-7H2,1-2H3. The lowest BCUT2D eigenvalue weighted by Crippen LogP contribution is -2.42. The fraction of sp³-hybridized carbons (Fsp3) is 0.800. The number of likely N-dealkylation sites (tertiary alicyclic amines) is 1. The Morgan fingerprint density at radius 1 is 1.46 bits per heavy atom. The van der Waals surface area contributed by atoms with E-state index in [0.29, 0.717) is 11.8 Å². The quantitative estimate of drug-likeness (QED) is 0.612. The molecular formula is C10H16N2O. The van der Waals surface area contributed by atoms with Crippen LogP contribution in [0.3, 0.4) is 0 Å². The minimum absolute atomic E-state index is 0.0131. The summed E-state index contributed by atoms with van der Waals surface area (Å²) in [5, 5.41) is 8.40. The van der Waals surface area contributed by atoms with Crippen LogP contribution in [0.4, 0.5) is 0 Å². The fourth-order valence-electron chi connectivity index (χ4n) is 2.05. The van der Waals surface area contributed by atoms with Crippen molar-refractivity contribution in [3.63, 3.8) is 0 Å². The van der Waals surface area contributed by atoms with Gasteiger partial charge in [-0.15, -0.1) is 0 Å². The zero-order chi connectivity index (χ0) is 9.84. The zero-order valence-corrected chi connectivity index (χ0v) is 8.29. The fourth-order valence-corrected chi connectivity index (χ4v) is 2.05. The Bertz CT molecular complexity index is 222. The molecule has 3 nitrogen and oxygen atoms in total. The van der Waals surface area contributed by atoms with Crippen molar-refractivity contribution in [1.29, 1.82) is 5.26 Å². The molecule has 1 heterocycles. The van der Waals surface area contributed by atoms with Gasteiger partial charge in [-0.05, 0) is 18.3 Å². The molecule has 13 heavy (non-hydrogen) atoms. The van der Waals surface area contributed by atoms with Crippen LogP contribution in [0.15, 0.2) is 0 Å². The number of hydrogen-bond acceptors (Lipinski definition) is 2. The maximum absolute atomic E-state index is 11.4. The highest BCUT2D eigenvalue weighted by Crippen LogP contribution is 2.21. The van der Waals surface area contributed by atoms with E-state index in [0.717, 1.165) is 13.1 Å². The van der Waals surface area contributed by atoms with Crippen LogP contribution in [0.25, 0.3) is 0 Å². The number of nitriles is 1. The highest BCUT2D eigenvalue weighted by Gasteiger charge is 2.24. The van der Waals surface area contributed by atoms with Gasteiger partial charge >= 0.3 is 0 Å². The topological polar surface area (TPSA) is 44.1 Å². The molecule has 2 unspecified atom stereocenters. The SMILES string of the molecule is CC1CC(C)CN(C(=O)CC#N)C1. The van der Waals surface area contributed by atoms with Gasteiger partial charge in [0.25, 0.3) is 0 Å². The minimum Gasteiger partial charge on any atom is -0.341 e. The molecule has 1 aliphatic rings. The maximum Gasteiger partial charge on any atom is 0.236 e. The van der Waals surface area contributed by atoms with Gasteiger partial charge in [0.05, 0.1) is 6.07 Å². The molecule has 3 heteroatoms. The molecular weight excluding hydrogens is 164 g/mol. The van der Waals surface area contributed by atoms with Gasteiger partial charge in [-0.3, -0.25) is 4.79 Å². The Labute approximate surface area is 79.3 Å². The lowest BCUT2D eigenvalue weighted by atomic mass is 9.92. The molecule has 0 spiro atoms. The zero-order valence-electron chi connectivity index (χ0n) is 8.29. The molecule has 72 valence electrons. The molecule has 0 aliphatic carbocycles. The number of piperidine rings is 1. The molecule has 0 aromatic heterocycles. The number of rotatable bonds is 1. The van der Waals surface area contributed by atoms with Crippen LogP contribution in [0.5, 0.6) is 0 Å². The summed E-state index contributed by atoms with van der Waals surface area (Å²) < 4.78 is 0. The predicted molar refractivity (Wildman–Crippen MR) is 49.8 cm³/mol. The summed E-state index contributed by atoms with van der Waals surface area (Å²) in [6, 6.07) is 1.90. The van der Waals surface area contributed by atoms with Gasteiger partial charge in [-0.1, -0.05) is 13.8 Å². The van der Waals surface area contributed by atoms with Crippen LogP contribution < -0.4 is 0 Å². The number of nitrogens with zero attached hydrogens (tertiary/aromatic N) is 2. The molecule has 0 saturated carbocycles. The average Bonchev–Trinajstić information content (AvgIpc) is 2.03. The van der Waals surface area contributed by atoms with E-state index in [4.69, 9.17) is 5.26 Å². The van der Waals surface area contributed by atoms with Gasteiger partial charge < -0.3 is 4.90 Å². The van der Waals surface area contributed by atoms with E-state index >= 15 is 0 Å². The highest BCUT2D eigenvalue weighted by atomic mass is 16.2. The molecule has 0 N–H and O–H groups in total. The molecule has 0 bridgehead atoms. The van der Waals surface area contributed by atoms with E-state index in [2.05, 4.69) is 13.8 Å². The number of amides is 1. The lowest BCUT2D eigenvalue weighted by Gasteiger charge is -2.34. The van der Waals surface area contributed by atoms with E-state index < -0.39 is 0 Å². The molecule has 1 amide bonds. The maximum atomic E-state index is 11.4. The van der Waals surface area contributed by atoms with E-state index in [1.165, 1.54) is 6.42 Å². The molecule has 0 aromatic carbocycles. The monoisotopic (exact) mass is 180 g/mol. The van der Waals surface area contributed by atoms with E-state index in [1.807, 2.05) is 11.0 Å². The smallest absolute Gasteiger partial charge is 0.236 e.